The Balaban J connectivity index is 1.57. The number of nitrogens with zero attached hydrogens (tertiary/aromatic N) is 4. The first-order valence-corrected chi connectivity index (χ1v) is 12.5. The van der Waals surface area contributed by atoms with Crippen LogP contribution in [0.15, 0.2) is 71.9 Å². The highest BCUT2D eigenvalue weighted by atomic mass is 35.5. The van der Waals surface area contributed by atoms with E-state index in [1.54, 1.807) is 31.4 Å². The van der Waals surface area contributed by atoms with E-state index in [-0.39, 0.29) is 18.1 Å². The van der Waals surface area contributed by atoms with Crippen molar-refractivity contribution in [3.8, 4) is 17.2 Å². The Morgan fingerprint density at radius 2 is 1.81 bits per heavy atom. The molecule has 36 heavy (non-hydrogen) atoms. The minimum Gasteiger partial charge on any atom is -0.497 e. The first-order chi connectivity index (χ1) is 17.4. The van der Waals surface area contributed by atoms with Gasteiger partial charge in [0, 0.05) is 21.2 Å². The van der Waals surface area contributed by atoms with Crippen LogP contribution in [-0.4, -0.2) is 33.3 Å². The Morgan fingerprint density at radius 3 is 2.47 bits per heavy atom. The molecule has 0 aliphatic carbocycles. The van der Waals surface area contributed by atoms with Gasteiger partial charge in [0.05, 0.1) is 12.1 Å². The highest BCUT2D eigenvalue weighted by molar-refractivity contribution is 7.99. The third kappa shape index (κ3) is 6.10. The standard InChI is InChI=1S/C25H22Cl2N4O4S/c1-16-28-29-25(31(16)19-8-10-20(34-2)11-9-19)36-24(14-30(32)33)17-7-12-23(22(27)13-17)35-15-18-5-3-4-6-21(18)26/h3-13,24H,14-15H2,1-2H3/t24-/m0/s1. The van der Waals surface area contributed by atoms with Crippen molar-refractivity contribution in [2.75, 3.05) is 13.7 Å². The van der Waals surface area contributed by atoms with Gasteiger partial charge < -0.3 is 9.47 Å². The number of aryl methyl sites for hydroxylation is 1. The normalized spacial score (nSPS) is 11.8. The number of methoxy groups -OCH3 is 1. The molecule has 0 spiro atoms. The van der Waals surface area contributed by atoms with Crippen LogP contribution in [0.3, 0.4) is 0 Å². The summed E-state index contributed by atoms with van der Waals surface area (Å²) in [4.78, 5) is 11.2. The number of nitro groups is 1. The molecule has 0 amide bonds. The summed E-state index contributed by atoms with van der Waals surface area (Å²) in [6, 6.07) is 20.0. The minimum absolute atomic E-state index is 0.246. The Morgan fingerprint density at radius 1 is 1.06 bits per heavy atom. The van der Waals surface area contributed by atoms with Gasteiger partial charge in [-0.3, -0.25) is 14.7 Å². The fraction of sp³-hybridized carbons (Fsp3) is 0.200. The zero-order valence-corrected chi connectivity index (χ0v) is 21.8. The summed E-state index contributed by atoms with van der Waals surface area (Å²) in [5.41, 5.74) is 2.32. The molecule has 1 atom stereocenters. The number of aromatic nitrogens is 3. The van der Waals surface area contributed by atoms with Crippen molar-refractivity contribution < 1.29 is 14.4 Å². The van der Waals surface area contributed by atoms with Gasteiger partial charge in [0.1, 0.15) is 29.2 Å². The third-order valence-electron chi connectivity index (χ3n) is 5.36. The number of thioether (sulfide) groups is 1. The van der Waals surface area contributed by atoms with E-state index in [0.29, 0.717) is 32.3 Å². The summed E-state index contributed by atoms with van der Waals surface area (Å²) in [6.45, 7) is 1.75. The van der Waals surface area contributed by atoms with Gasteiger partial charge in [0.25, 0.3) is 0 Å². The Hall–Kier alpha value is -3.27. The fourth-order valence-electron chi connectivity index (χ4n) is 3.53. The molecule has 0 aliphatic heterocycles. The van der Waals surface area contributed by atoms with Crippen molar-refractivity contribution in [2.45, 2.75) is 23.9 Å². The zero-order chi connectivity index (χ0) is 25.7. The van der Waals surface area contributed by atoms with Crippen molar-refractivity contribution in [3.63, 3.8) is 0 Å². The van der Waals surface area contributed by atoms with Crippen LogP contribution in [0.5, 0.6) is 11.5 Å². The van der Waals surface area contributed by atoms with Crippen LogP contribution < -0.4 is 9.47 Å². The summed E-state index contributed by atoms with van der Waals surface area (Å²) < 4.78 is 12.9. The molecule has 0 saturated carbocycles. The van der Waals surface area contributed by atoms with Gasteiger partial charge in [-0.2, -0.15) is 0 Å². The Bertz CT molecular complexity index is 1360. The number of ether oxygens (including phenoxy) is 2. The van der Waals surface area contributed by atoms with Crippen molar-refractivity contribution >= 4 is 35.0 Å². The minimum atomic E-state index is -0.560. The second-order valence-corrected chi connectivity index (χ2v) is 9.74. The first kappa shape index (κ1) is 25.8. The quantitative estimate of drug-likeness (QED) is 0.126. The van der Waals surface area contributed by atoms with Gasteiger partial charge in [-0.25, -0.2) is 0 Å². The number of benzene rings is 3. The van der Waals surface area contributed by atoms with Crippen LogP contribution in [0.25, 0.3) is 5.69 Å². The second-order valence-electron chi connectivity index (χ2n) is 7.75. The molecule has 11 heteroatoms. The van der Waals surface area contributed by atoms with Crippen LogP contribution >= 0.6 is 35.0 Å². The summed E-state index contributed by atoms with van der Waals surface area (Å²) in [7, 11) is 1.60. The van der Waals surface area contributed by atoms with Gasteiger partial charge in [0.2, 0.25) is 6.54 Å². The molecule has 1 heterocycles. The number of hydrogen-bond acceptors (Lipinski definition) is 7. The van der Waals surface area contributed by atoms with E-state index < -0.39 is 5.25 Å². The highest BCUT2D eigenvalue weighted by Crippen LogP contribution is 2.39. The van der Waals surface area contributed by atoms with Crippen LogP contribution in [0, 0.1) is 17.0 Å². The molecule has 1 aromatic heterocycles. The van der Waals surface area contributed by atoms with Gasteiger partial charge in [-0.1, -0.05) is 59.2 Å². The summed E-state index contributed by atoms with van der Waals surface area (Å²) in [5.74, 6) is 1.84. The fourth-order valence-corrected chi connectivity index (χ4v) is 5.12. The maximum Gasteiger partial charge on any atom is 0.220 e. The maximum absolute atomic E-state index is 11.5. The predicted octanol–water partition coefficient (Wildman–Crippen LogP) is 6.58. The molecule has 4 aromatic rings. The molecule has 0 N–H and O–H groups in total. The van der Waals surface area contributed by atoms with E-state index in [4.69, 9.17) is 32.7 Å². The van der Waals surface area contributed by atoms with E-state index in [0.717, 1.165) is 17.0 Å². The van der Waals surface area contributed by atoms with Gasteiger partial charge >= 0.3 is 0 Å². The van der Waals surface area contributed by atoms with Gasteiger partial charge in [-0.05, 0) is 55.0 Å². The average molecular weight is 545 g/mol. The largest absolute Gasteiger partial charge is 0.497 e. The molecule has 0 saturated heterocycles. The summed E-state index contributed by atoms with van der Waals surface area (Å²) in [5, 5.41) is 20.9. The van der Waals surface area contributed by atoms with Crippen LogP contribution in [-0.2, 0) is 6.61 Å². The second kappa shape index (κ2) is 11.6. The summed E-state index contributed by atoms with van der Waals surface area (Å²) in [6.07, 6.45) is 0. The summed E-state index contributed by atoms with van der Waals surface area (Å²) >= 11 is 13.9. The van der Waals surface area contributed by atoms with Crippen LogP contribution in [0.1, 0.15) is 22.2 Å². The third-order valence-corrected chi connectivity index (χ3v) is 7.20. The SMILES string of the molecule is COc1ccc(-n2c(C)nnc2S[C@@H](C[N+](=O)[O-])c2ccc(OCc3ccccc3Cl)c(Cl)c2)cc1. The van der Waals surface area contributed by atoms with Gasteiger partial charge in [-0.15, -0.1) is 10.2 Å². The molecule has 186 valence electrons. The van der Waals surface area contributed by atoms with Crippen LogP contribution in [0.2, 0.25) is 10.0 Å². The highest BCUT2D eigenvalue weighted by Gasteiger charge is 2.24. The van der Waals surface area contributed by atoms with E-state index in [1.807, 2.05) is 54.0 Å². The van der Waals surface area contributed by atoms with E-state index >= 15 is 0 Å². The first-order valence-electron chi connectivity index (χ1n) is 10.9. The molecule has 0 unspecified atom stereocenters. The van der Waals surface area contributed by atoms with Crippen molar-refractivity contribution in [1.29, 1.82) is 0 Å². The van der Waals surface area contributed by atoms with E-state index in [9.17, 15) is 10.1 Å². The van der Waals surface area contributed by atoms with Crippen molar-refractivity contribution in [3.05, 3.63) is 104 Å². The molecule has 3 aromatic carbocycles. The lowest BCUT2D eigenvalue weighted by Gasteiger charge is -2.16. The molecule has 0 fully saturated rings. The lowest BCUT2D eigenvalue weighted by atomic mass is 10.1. The molecule has 4 rings (SSSR count). The Kier molecular flexibility index (Phi) is 8.35. The lowest BCUT2D eigenvalue weighted by Crippen LogP contribution is -2.11. The van der Waals surface area contributed by atoms with Crippen molar-refractivity contribution in [2.24, 2.45) is 0 Å². The molecular weight excluding hydrogens is 523 g/mol. The maximum atomic E-state index is 11.5. The average Bonchev–Trinajstić information content (AvgIpc) is 3.23. The smallest absolute Gasteiger partial charge is 0.220 e. The topological polar surface area (TPSA) is 92.3 Å². The van der Waals surface area contributed by atoms with Crippen LogP contribution in [0.4, 0.5) is 0 Å². The van der Waals surface area contributed by atoms with Crippen molar-refractivity contribution in [1.82, 2.24) is 14.8 Å². The van der Waals surface area contributed by atoms with E-state index in [1.165, 1.54) is 11.8 Å². The van der Waals surface area contributed by atoms with Gasteiger partial charge in [0.15, 0.2) is 5.16 Å². The number of halogens is 2. The molecule has 0 aliphatic rings. The molecule has 0 radical (unpaired) electrons. The molecule has 8 nitrogen and oxygen atoms in total. The Labute approximate surface area is 222 Å². The lowest BCUT2D eigenvalue weighted by molar-refractivity contribution is -0.479. The number of hydrogen-bond donors (Lipinski definition) is 0. The molecule has 0 bridgehead atoms. The molecular formula is C25H22Cl2N4O4S. The van der Waals surface area contributed by atoms with E-state index in [2.05, 4.69) is 10.2 Å². The zero-order valence-electron chi connectivity index (χ0n) is 19.4. The number of rotatable bonds is 10. The monoisotopic (exact) mass is 544 g/mol. The predicted molar refractivity (Wildman–Crippen MR) is 140 cm³/mol.